The number of carboxylic acids is 1. The third-order valence-electron chi connectivity index (χ3n) is 5.18. The molecule has 2 aromatic carbocycles. The van der Waals surface area contributed by atoms with Crippen molar-refractivity contribution in [2.45, 2.75) is 51.9 Å². The number of carbonyl (C=O) groups is 1. The summed E-state index contributed by atoms with van der Waals surface area (Å²) < 4.78 is 0. The number of benzene rings is 2. The summed E-state index contributed by atoms with van der Waals surface area (Å²) in [4.78, 5) is 13.6. The van der Waals surface area contributed by atoms with E-state index >= 15 is 0 Å². The maximum Gasteiger partial charge on any atom is 0.335 e. The van der Waals surface area contributed by atoms with Gasteiger partial charge in [-0.1, -0.05) is 42.8 Å². The van der Waals surface area contributed by atoms with E-state index in [0.29, 0.717) is 18.2 Å². The maximum atomic E-state index is 11.0. The fourth-order valence-electron chi connectivity index (χ4n) is 3.56. The Kier molecular flexibility index (Phi) is 6.42. The van der Waals surface area contributed by atoms with E-state index in [9.17, 15) is 4.79 Å². The van der Waals surface area contributed by atoms with E-state index in [0.717, 1.165) is 18.7 Å². The first kappa shape index (κ1) is 18.6. The van der Waals surface area contributed by atoms with Crippen LogP contribution in [0.3, 0.4) is 0 Å². The summed E-state index contributed by atoms with van der Waals surface area (Å²) in [6.07, 6.45) is 3.98. The van der Waals surface area contributed by atoms with Gasteiger partial charge < -0.3 is 10.4 Å². The van der Waals surface area contributed by atoms with Crippen LogP contribution >= 0.6 is 0 Å². The highest BCUT2D eigenvalue weighted by Gasteiger charge is 2.17. The molecule has 1 atom stereocenters. The molecule has 26 heavy (non-hydrogen) atoms. The Morgan fingerprint density at radius 1 is 1.08 bits per heavy atom. The average Bonchev–Trinajstić information content (AvgIpc) is 2.65. The molecule has 2 aromatic rings. The number of carboxylic acid groups (broad SMARTS) is 1. The van der Waals surface area contributed by atoms with Crippen LogP contribution in [0.5, 0.6) is 0 Å². The topological polar surface area (TPSA) is 52.6 Å². The lowest BCUT2D eigenvalue weighted by Gasteiger charge is -2.33. The molecule has 0 saturated carbocycles. The zero-order chi connectivity index (χ0) is 18.4. The van der Waals surface area contributed by atoms with Crippen molar-refractivity contribution < 1.29 is 9.90 Å². The maximum absolute atomic E-state index is 11.0. The number of hydrogen-bond acceptors (Lipinski definition) is 3. The third kappa shape index (κ3) is 5.16. The van der Waals surface area contributed by atoms with Gasteiger partial charge in [-0.25, -0.2) is 4.79 Å². The number of nitrogens with zero attached hydrogens (tertiary/aromatic N) is 1. The molecule has 0 spiro atoms. The molecule has 0 amide bonds. The first-order valence-corrected chi connectivity index (χ1v) is 9.46. The van der Waals surface area contributed by atoms with Crippen molar-refractivity contribution in [3.05, 3.63) is 70.8 Å². The van der Waals surface area contributed by atoms with Gasteiger partial charge >= 0.3 is 5.97 Å². The SMILES string of the molecule is CC1CCCCN1Cc1ccc(CNCc2cccc(C(=O)O)c2)cc1. The smallest absolute Gasteiger partial charge is 0.335 e. The van der Waals surface area contributed by atoms with Crippen molar-refractivity contribution in [2.24, 2.45) is 0 Å². The summed E-state index contributed by atoms with van der Waals surface area (Å²) in [5.41, 5.74) is 3.94. The minimum Gasteiger partial charge on any atom is -0.478 e. The Hall–Kier alpha value is -2.17. The minimum absolute atomic E-state index is 0.334. The minimum atomic E-state index is -0.884. The van der Waals surface area contributed by atoms with Crippen LogP contribution in [0, 0.1) is 0 Å². The van der Waals surface area contributed by atoms with Crippen molar-refractivity contribution in [3.63, 3.8) is 0 Å². The molecule has 4 heteroatoms. The average molecular weight is 352 g/mol. The van der Waals surface area contributed by atoms with Gasteiger partial charge in [0, 0.05) is 25.7 Å². The highest BCUT2D eigenvalue weighted by molar-refractivity contribution is 5.87. The van der Waals surface area contributed by atoms with E-state index in [1.54, 1.807) is 18.2 Å². The van der Waals surface area contributed by atoms with Gasteiger partial charge in [-0.3, -0.25) is 4.90 Å². The molecule has 1 unspecified atom stereocenters. The molecule has 1 fully saturated rings. The van der Waals surface area contributed by atoms with Crippen molar-refractivity contribution >= 4 is 5.97 Å². The lowest BCUT2D eigenvalue weighted by atomic mass is 10.0. The zero-order valence-electron chi connectivity index (χ0n) is 15.4. The van der Waals surface area contributed by atoms with E-state index in [-0.39, 0.29) is 0 Å². The normalized spacial score (nSPS) is 18.0. The molecule has 0 bridgehead atoms. The van der Waals surface area contributed by atoms with Crippen LogP contribution in [0.15, 0.2) is 48.5 Å². The summed E-state index contributed by atoms with van der Waals surface area (Å²) in [5, 5.41) is 12.4. The van der Waals surface area contributed by atoms with Crippen molar-refractivity contribution in [1.29, 1.82) is 0 Å². The van der Waals surface area contributed by atoms with Gasteiger partial charge in [0.1, 0.15) is 0 Å². The van der Waals surface area contributed by atoms with Gasteiger partial charge in [0.2, 0.25) is 0 Å². The Morgan fingerprint density at radius 3 is 2.54 bits per heavy atom. The molecule has 3 rings (SSSR count). The van der Waals surface area contributed by atoms with Gasteiger partial charge in [0.15, 0.2) is 0 Å². The molecule has 138 valence electrons. The van der Waals surface area contributed by atoms with Crippen LogP contribution in [0.1, 0.15) is 53.2 Å². The number of likely N-dealkylation sites (tertiary alicyclic amines) is 1. The molecule has 1 saturated heterocycles. The van der Waals surface area contributed by atoms with Crippen molar-refractivity contribution in [2.75, 3.05) is 6.54 Å². The second-order valence-corrected chi connectivity index (χ2v) is 7.24. The molecule has 2 N–H and O–H groups in total. The van der Waals surface area contributed by atoms with Gasteiger partial charge in [-0.15, -0.1) is 0 Å². The monoisotopic (exact) mass is 352 g/mol. The summed E-state index contributed by atoms with van der Waals surface area (Å²) in [7, 11) is 0. The molecule has 1 aliphatic rings. The Balaban J connectivity index is 1.48. The number of piperidine rings is 1. The van der Waals surface area contributed by atoms with E-state index in [1.807, 2.05) is 6.07 Å². The number of rotatable bonds is 7. The van der Waals surface area contributed by atoms with Crippen LogP contribution in [0.25, 0.3) is 0 Å². The number of aromatic carboxylic acids is 1. The van der Waals surface area contributed by atoms with Crippen LogP contribution in [0.2, 0.25) is 0 Å². The molecule has 1 heterocycles. The molecule has 1 aliphatic heterocycles. The largest absolute Gasteiger partial charge is 0.478 e. The van der Waals surface area contributed by atoms with E-state index < -0.39 is 5.97 Å². The predicted molar refractivity (Wildman–Crippen MR) is 104 cm³/mol. The summed E-state index contributed by atoms with van der Waals surface area (Å²) in [6, 6.07) is 16.6. The zero-order valence-corrected chi connectivity index (χ0v) is 15.4. The standard InChI is InChI=1S/C22H28N2O2/c1-17-5-2-3-12-24(17)16-19-10-8-18(9-11-19)14-23-15-20-6-4-7-21(13-20)22(25)26/h4,6-11,13,17,23H,2-3,5,12,14-16H2,1H3,(H,25,26). The molecular formula is C22H28N2O2. The lowest BCUT2D eigenvalue weighted by molar-refractivity contribution is 0.0696. The van der Waals surface area contributed by atoms with Crippen LogP contribution in [0.4, 0.5) is 0 Å². The fraction of sp³-hybridized carbons (Fsp3) is 0.409. The number of hydrogen-bond donors (Lipinski definition) is 2. The van der Waals surface area contributed by atoms with Gasteiger partial charge in [0.25, 0.3) is 0 Å². The molecule has 0 aromatic heterocycles. The highest BCUT2D eigenvalue weighted by atomic mass is 16.4. The molecule has 0 radical (unpaired) electrons. The number of nitrogens with one attached hydrogen (secondary N) is 1. The first-order chi connectivity index (χ1) is 12.6. The lowest BCUT2D eigenvalue weighted by Crippen LogP contribution is -2.36. The van der Waals surface area contributed by atoms with E-state index in [4.69, 9.17) is 5.11 Å². The molecular weight excluding hydrogens is 324 g/mol. The second-order valence-electron chi connectivity index (χ2n) is 7.24. The quantitative estimate of drug-likeness (QED) is 0.789. The molecule has 0 aliphatic carbocycles. The van der Waals surface area contributed by atoms with E-state index in [2.05, 4.69) is 41.4 Å². The highest BCUT2D eigenvalue weighted by Crippen LogP contribution is 2.19. The van der Waals surface area contributed by atoms with Crippen molar-refractivity contribution in [1.82, 2.24) is 10.2 Å². The Morgan fingerprint density at radius 2 is 1.81 bits per heavy atom. The van der Waals surface area contributed by atoms with E-state index in [1.165, 1.54) is 36.9 Å². The van der Waals surface area contributed by atoms with Gasteiger partial charge in [-0.2, -0.15) is 0 Å². The fourth-order valence-corrected chi connectivity index (χ4v) is 3.56. The van der Waals surface area contributed by atoms with Crippen LogP contribution in [-0.4, -0.2) is 28.6 Å². The van der Waals surface area contributed by atoms with Gasteiger partial charge in [-0.05, 0) is 55.1 Å². The summed E-state index contributed by atoms with van der Waals surface area (Å²) in [6.45, 7) is 6.01. The van der Waals surface area contributed by atoms with Crippen LogP contribution in [-0.2, 0) is 19.6 Å². The van der Waals surface area contributed by atoms with Crippen molar-refractivity contribution in [3.8, 4) is 0 Å². The Bertz CT molecular complexity index is 727. The molecule has 4 nitrogen and oxygen atoms in total. The predicted octanol–water partition coefficient (Wildman–Crippen LogP) is 4.05. The Labute approximate surface area is 155 Å². The van der Waals surface area contributed by atoms with Crippen LogP contribution < -0.4 is 5.32 Å². The second kappa shape index (κ2) is 8.97. The van der Waals surface area contributed by atoms with Gasteiger partial charge in [0.05, 0.1) is 5.56 Å². The first-order valence-electron chi connectivity index (χ1n) is 9.46. The summed E-state index contributed by atoms with van der Waals surface area (Å²) >= 11 is 0. The third-order valence-corrected chi connectivity index (χ3v) is 5.18. The summed E-state index contributed by atoms with van der Waals surface area (Å²) in [5.74, 6) is -0.884.